The summed E-state index contributed by atoms with van der Waals surface area (Å²) in [5, 5.41) is 10.6. The van der Waals surface area contributed by atoms with Crippen LogP contribution in [0.3, 0.4) is 0 Å². The maximum Gasteiger partial charge on any atom is 0.191 e. The summed E-state index contributed by atoms with van der Waals surface area (Å²) in [6.07, 6.45) is 0.782. The van der Waals surface area contributed by atoms with Gasteiger partial charge in [0.2, 0.25) is 0 Å². The van der Waals surface area contributed by atoms with Gasteiger partial charge in [-0.15, -0.1) is 0 Å². The van der Waals surface area contributed by atoms with E-state index in [1.54, 1.807) is 14.2 Å². The van der Waals surface area contributed by atoms with Crippen LogP contribution in [-0.4, -0.2) is 38.4 Å². The highest BCUT2D eigenvalue weighted by molar-refractivity contribution is 5.79. The van der Waals surface area contributed by atoms with Crippen LogP contribution < -0.4 is 20.1 Å². The van der Waals surface area contributed by atoms with E-state index in [1.165, 1.54) is 0 Å². The molecule has 2 aromatic rings. The second-order valence-corrected chi connectivity index (χ2v) is 6.42. The fourth-order valence-corrected chi connectivity index (χ4v) is 2.57. The number of hydrogen-bond acceptors (Lipinski definition) is 5. The molecular weight excluding hydrogens is 344 g/mol. The van der Waals surface area contributed by atoms with Crippen molar-refractivity contribution in [3.8, 4) is 11.5 Å². The van der Waals surface area contributed by atoms with Gasteiger partial charge in [-0.1, -0.05) is 19.0 Å². The van der Waals surface area contributed by atoms with Crippen molar-refractivity contribution in [1.29, 1.82) is 0 Å². The maximum atomic E-state index is 5.43. The highest BCUT2D eigenvalue weighted by Crippen LogP contribution is 2.24. The van der Waals surface area contributed by atoms with Crippen LogP contribution in [-0.2, 0) is 13.0 Å². The Kier molecular flexibility index (Phi) is 7.98. The van der Waals surface area contributed by atoms with Crippen LogP contribution >= 0.6 is 0 Å². The number of benzene rings is 1. The number of rotatable bonds is 9. The van der Waals surface area contributed by atoms with Gasteiger partial charge in [0.25, 0.3) is 0 Å². The molecule has 0 fully saturated rings. The lowest BCUT2D eigenvalue weighted by molar-refractivity contribution is 0.376. The first-order valence-electron chi connectivity index (χ1n) is 9.25. The Morgan fingerprint density at radius 1 is 1.19 bits per heavy atom. The summed E-state index contributed by atoms with van der Waals surface area (Å²) >= 11 is 0. The first-order chi connectivity index (χ1) is 13.1. The quantitative estimate of drug-likeness (QED) is 0.518. The van der Waals surface area contributed by atoms with Gasteiger partial charge in [-0.3, -0.25) is 0 Å². The molecule has 0 amide bonds. The van der Waals surface area contributed by atoms with E-state index >= 15 is 0 Å². The Hall–Kier alpha value is -2.70. The van der Waals surface area contributed by atoms with E-state index in [-0.39, 0.29) is 0 Å². The largest absolute Gasteiger partial charge is 0.497 e. The SMILES string of the molecule is CCNC(=NCc1cc(C(C)C)no1)NCCc1cc(OC)ccc1OC. The predicted molar refractivity (Wildman–Crippen MR) is 107 cm³/mol. The van der Waals surface area contributed by atoms with Gasteiger partial charge in [0.1, 0.15) is 18.0 Å². The van der Waals surface area contributed by atoms with Crippen LogP contribution in [0.15, 0.2) is 33.8 Å². The second-order valence-electron chi connectivity index (χ2n) is 6.42. The van der Waals surface area contributed by atoms with Crippen molar-refractivity contribution in [2.75, 3.05) is 27.3 Å². The van der Waals surface area contributed by atoms with E-state index in [2.05, 4.69) is 34.6 Å². The molecule has 2 rings (SSSR count). The Morgan fingerprint density at radius 3 is 2.63 bits per heavy atom. The summed E-state index contributed by atoms with van der Waals surface area (Å²) in [5.41, 5.74) is 2.03. The third-order valence-corrected chi connectivity index (χ3v) is 4.08. The van der Waals surface area contributed by atoms with Crippen LogP contribution in [0.2, 0.25) is 0 Å². The van der Waals surface area contributed by atoms with Crippen LogP contribution in [0.1, 0.15) is 43.7 Å². The van der Waals surface area contributed by atoms with Gasteiger partial charge in [0.15, 0.2) is 11.7 Å². The zero-order valence-electron chi connectivity index (χ0n) is 16.8. The molecule has 2 N–H and O–H groups in total. The summed E-state index contributed by atoms with van der Waals surface area (Å²) in [6, 6.07) is 7.76. The van der Waals surface area contributed by atoms with E-state index in [0.29, 0.717) is 19.0 Å². The molecule has 0 aliphatic carbocycles. The van der Waals surface area contributed by atoms with Crippen molar-refractivity contribution < 1.29 is 14.0 Å². The van der Waals surface area contributed by atoms with Gasteiger partial charge in [-0.25, -0.2) is 4.99 Å². The molecule has 0 radical (unpaired) electrons. The molecule has 7 heteroatoms. The number of nitrogens with zero attached hydrogens (tertiary/aromatic N) is 2. The minimum Gasteiger partial charge on any atom is -0.497 e. The average Bonchev–Trinajstić information content (AvgIpc) is 3.15. The minimum atomic E-state index is 0.343. The Bertz CT molecular complexity index is 741. The third kappa shape index (κ3) is 6.20. The lowest BCUT2D eigenvalue weighted by Gasteiger charge is -2.13. The highest BCUT2D eigenvalue weighted by Gasteiger charge is 2.08. The summed E-state index contributed by atoms with van der Waals surface area (Å²) in [7, 11) is 3.33. The van der Waals surface area contributed by atoms with Gasteiger partial charge in [-0.2, -0.15) is 0 Å². The zero-order chi connectivity index (χ0) is 19.6. The van der Waals surface area contributed by atoms with Crippen LogP contribution in [0.25, 0.3) is 0 Å². The van der Waals surface area contributed by atoms with Gasteiger partial charge >= 0.3 is 0 Å². The second kappa shape index (κ2) is 10.4. The Labute approximate surface area is 161 Å². The van der Waals surface area contributed by atoms with E-state index < -0.39 is 0 Å². The van der Waals surface area contributed by atoms with Crippen molar-refractivity contribution in [3.05, 3.63) is 41.3 Å². The smallest absolute Gasteiger partial charge is 0.191 e. The van der Waals surface area contributed by atoms with Crippen molar-refractivity contribution in [3.63, 3.8) is 0 Å². The lowest BCUT2D eigenvalue weighted by atomic mass is 10.1. The molecule has 1 aromatic carbocycles. The molecule has 1 heterocycles. The fourth-order valence-electron chi connectivity index (χ4n) is 2.57. The molecule has 27 heavy (non-hydrogen) atoms. The first kappa shape index (κ1) is 20.6. The molecule has 0 aliphatic rings. The van der Waals surface area contributed by atoms with Crippen LogP contribution in [0, 0.1) is 0 Å². The van der Waals surface area contributed by atoms with E-state index in [9.17, 15) is 0 Å². The third-order valence-electron chi connectivity index (χ3n) is 4.08. The molecule has 7 nitrogen and oxygen atoms in total. The predicted octanol–water partition coefficient (Wildman–Crippen LogP) is 3.11. The number of ether oxygens (including phenoxy) is 2. The number of aliphatic imine (C=N–C) groups is 1. The molecule has 0 atom stereocenters. The molecule has 0 aliphatic heterocycles. The lowest BCUT2D eigenvalue weighted by Crippen LogP contribution is -2.38. The van der Waals surface area contributed by atoms with Crippen LogP contribution in [0.4, 0.5) is 0 Å². The normalized spacial score (nSPS) is 11.6. The van der Waals surface area contributed by atoms with Crippen molar-refractivity contribution in [1.82, 2.24) is 15.8 Å². The highest BCUT2D eigenvalue weighted by atomic mass is 16.5. The number of hydrogen-bond donors (Lipinski definition) is 2. The monoisotopic (exact) mass is 374 g/mol. The zero-order valence-corrected chi connectivity index (χ0v) is 16.8. The van der Waals surface area contributed by atoms with Gasteiger partial charge in [-0.05, 0) is 43.0 Å². The van der Waals surface area contributed by atoms with Crippen LogP contribution in [0.5, 0.6) is 11.5 Å². The van der Waals surface area contributed by atoms with Crippen molar-refractivity contribution >= 4 is 5.96 Å². The minimum absolute atomic E-state index is 0.343. The van der Waals surface area contributed by atoms with Crippen molar-refractivity contribution in [2.24, 2.45) is 4.99 Å². The Morgan fingerprint density at radius 2 is 2.00 bits per heavy atom. The van der Waals surface area contributed by atoms with Gasteiger partial charge in [0, 0.05) is 19.2 Å². The molecular formula is C20H30N4O3. The molecule has 0 saturated heterocycles. The number of nitrogens with one attached hydrogen (secondary N) is 2. The molecule has 0 spiro atoms. The number of methoxy groups -OCH3 is 2. The Balaban J connectivity index is 1.95. The van der Waals surface area contributed by atoms with Gasteiger partial charge in [0.05, 0.1) is 19.9 Å². The molecule has 1 aromatic heterocycles. The summed E-state index contributed by atoms with van der Waals surface area (Å²) in [6.45, 7) is 8.14. The maximum absolute atomic E-state index is 5.43. The van der Waals surface area contributed by atoms with E-state index in [1.807, 2.05) is 31.2 Å². The number of aromatic nitrogens is 1. The summed E-state index contributed by atoms with van der Waals surface area (Å²) in [4.78, 5) is 4.57. The number of guanidine groups is 1. The summed E-state index contributed by atoms with van der Waals surface area (Å²) in [5.74, 6) is 3.50. The topological polar surface area (TPSA) is 80.9 Å². The van der Waals surface area contributed by atoms with E-state index in [4.69, 9.17) is 14.0 Å². The molecule has 0 unspecified atom stereocenters. The summed E-state index contributed by atoms with van der Waals surface area (Å²) < 4.78 is 16.1. The first-order valence-corrected chi connectivity index (χ1v) is 9.25. The molecule has 0 saturated carbocycles. The fraction of sp³-hybridized carbons (Fsp3) is 0.500. The standard InChI is InChI=1S/C20H30N4O3/c1-6-21-20(23-13-17-12-18(14(2)3)24-27-17)22-10-9-15-11-16(25-4)7-8-19(15)26-5/h7-8,11-12,14H,6,9-10,13H2,1-5H3,(H2,21,22,23). The van der Waals surface area contributed by atoms with Crippen molar-refractivity contribution in [2.45, 2.75) is 39.7 Å². The average molecular weight is 374 g/mol. The molecule has 148 valence electrons. The van der Waals surface area contributed by atoms with Gasteiger partial charge < -0.3 is 24.6 Å². The van der Waals surface area contributed by atoms with E-state index in [0.717, 1.165) is 47.4 Å². The molecule has 0 bridgehead atoms.